The minimum absolute atomic E-state index is 0. The number of rotatable bonds is 11. The summed E-state index contributed by atoms with van der Waals surface area (Å²) in [5, 5.41) is 17.5. The monoisotopic (exact) mass is 284 g/mol. The predicted octanol–water partition coefficient (Wildman–Crippen LogP) is 0.419. The van der Waals surface area contributed by atoms with Crippen molar-refractivity contribution in [2.75, 3.05) is 0 Å². The summed E-state index contributed by atoms with van der Waals surface area (Å²) in [4.78, 5) is 21.3. The molecule has 0 fully saturated rings. The van der Waals surface area contributed by atoms with Crippen LogP contribution in [-0.4, -0.2) is 22.2 Å². The van der Waals surface area contributed by atoms with E-state index in [4.69, 9.17) is 10.2 Å². The van der Waals surface area contributed by atoms with Crippen LogP contribution in [0.15, 0.2) is 0 Å². The molecule has 1 unspecified atom stereocenters. The Morgan fingerprint density at radius 1 is 1.00 bits per heavy atom. The van der Waals surface area contributed by atoms with Crippen LogP contribution in [0.1, 0.15) is 66.1 Å². The van der Waals surface area contributed by atoms with E-state index in [-0.39, 0.29) is 65.7 Å². The predicted molar refractivity (Wildman–Crippen MR) is 67.1 cm³/mol. The van der Waals surface area contributed by atoms with Gasteiger partial charge in [0.25, 0.3) is 0 Å². The van der Waals surface area contributed by atoms with Crippen molar-refractivity contribution >= 4 is 11.9 Å². The molecule has 1 atom stereocenters. The molecular weight excluding hydrogens is 259 g/mol. The van der Waals surface area contributed by atoms with Crippen molar-refractivity contribution in [2.24, 2.45) is 5.92 Å². The van der Waals surface area contributed by atoms with Gasteiger partial charge in [0.05, 0.1) is 5.92 Å². The van der Waals surface area contributed by atoms with E-state index >= 15 is 0 Å². The molecule has 0 radical (unpaired) electrons. The molecule has 0 aliphatic carbocycles. The molecule has 0 amide bonds. The summed E-state index contributed by atoms with van der Waals surface area (Å²) in [6, 6.07) is 0. The Morgan fingerprint density at radius 3 is 2.06 bits per heavy atom. The fourth-order valence-electron chi connectivity index (χ4n) is 1.86. The Labute approximate surface area is 153 Å². The summed E-state index contributed by atoms with van der Waals surface area (Å²) in [5.41, 5.74) is 0. The van der Waals surface area contributed by atoms with Crippen LogP contribution in [0.5, 0.6) is 0 Å². The fourth-order valence-corrected chi connectivity index (χ4v) is 1.86. The van der Waals surface area contributed by atoms with Gasteiger partial charge in [-0.25, -0.2) is 0 Å². The quantitative estimate of drug-likeness (QED) is 0.426. The molecule has 0 saturated carbocycles. The molecule has 0 spiro atoms. The Morgan fingerprint density at radius 2 is 1.56 bits per heavy atom. The number of carbonyl (C=O) groups is 2. The Kier molecular flexibility index (Phi) is 16.2. The maximum atomic E-state index is 10.9. The molecule has 0 aromatic heterocycles. The number of unbranched alkanes of at least 4 members (excludes halogenated alkanes) is 5. The standard InChI is InChI=1S/C13H24O4.K.H/c1-2-3-4-5-6-7-8-11(13(16)17)9-10-12(14)15;;/h11H,2-10H2,1H3,(H,14,15)(H,16,17);;/q;+1;-1. The third kappa shape index (κ3) is 13.0. The number of aliphatic carboxylic acids is 2. The maximum absolute atomic E-state index is 10.9. The van der Waals surface area contributed by atoms with Gasteiger partial charge >= 0.3 is 63.3 Å². The van der Waals surface area contributed by atoms with Crippen LogP contribution in [0.25, 0.3) is 0 Å². The van der Waals surface area contributed by atoms with Crippen LogP contribution < -0.4 is 51.4 Å². The first-order valence-corrected chi connectivity index (χ1v) is 6.52. The largest absolute Gasteiger partial charge is 1.00 e. The van der Waals surface area contributed by atoms with E-state index < -0.39 is 17.9 Å². The molecule has 102 valence electrons. The Bertz CT molecular complexity index is 237. The molecule has 0 heterocycles. The third-order valence-electron chi connectivity index (χ3n) is 2.96. The van der Waals surface area contributed by atoms with Crippen LogP contribution in [-0.2, 0) is 9.59 Å². The first-order chi connectivity index (χ1) is 8.07. The number of carboxylic acid groups (broad SMARTS) is 2. The molecule has 5 heteroatoms. The molecule has 4 nitrogen and oxygen atoms in total. The van der Waals surface area contributed by atoms with Crippen LogP contribution in [0.4, 0.5) is 0 Å². The third-order valence-corrected chi connectivity index (χ3v) is 2.96. The summed E-state index contributed by atoms with van der Waals surface area (Å²) in [5.74, 6) is -2.27. The first-order valence-electron chi connectivity index (χ1n) is 6.52. The summed E-state index contributed by atoms with van der Waals surface area (Å²) >= 11 is 0. The number of carboxylic acids is 2. The van der Waals surface area contributed by atoms with Crippen molar-refractivity contribution in [1.82, 2.24) is 0 Å². The van der Waals surface area contributed by atoms with Crippen LogP contribution in [0.3, 0.4) is 0 Å². The topological polar surface area (TPSA) is 74.6 Å². The first kappa shape index (κ1) is 20.9. The summed E-state index contributed by atoms with van der Waals surface area (Å²) < 4.78 is 0. The van der Waals surface area contributed by atoms with E-state index in [1.807, 2.05) is 0 Å². The van der Waals surface area contributed by atoms with Crippen LogP contribution in [0.2, 0.25) is 0 Å². The fraction of sp³-hybridized carbons (Fsp3) is 0.846. The molecule has 2 N–H and O–H groups in total. The zero-order chi connectivity index (χ0) is 13.1. The number of hydrogen-bond donors (Lipinski definition) is 2. The van der Waals surface area contributed by atoms with Gasteiger partial charge in [0.1, 0.15) is 0 Å². The van der Waals surface area contributed by atoms with Gasteiger partial charge in [0.15, 0.2) is 0 Å². The molecule has 18 heavy (non-hydrogen) atoms. The van der Waals surface area contributed by atoms with Gasteiger partial charge in [0, 0.05) is 6.42 Å². The summed E-state index contributed by atoms with van der Waals surface area (Å²) in [6.45, 7) is 2.16. The molecule has 0 aliphatic heterocycles. The second kappa shape index (κ2) is 14.0. The molecule has 0 bridgehead atoms. The Hall–Kier alpha value is 0.576. The van der Waals surface area contributed by atoms with E-state index in [2.05, 4.69) is 6.92 Å². The second-order valence-corrected chi connectivity index (χ2v) is 4.52. The van der Waals surface area contributed by atoms with Crippen LogP contribution >= 0.6 is 0 Å². The summed E-state index contributed by atoms with van der Waals surface area (Å²) in [6.07, 6.45) is 7.55. The zero-order valence-corrected chi connectivity index (χ0v) is 14.8. The van der Waals surface area contributed by atoms with E-state index in [1.165, 1.54) is 19.3 Å². The van der Waals surface area contributed by atoms with Gasteiger partial charge in [-0.3, -0.25) is 9.59 Å². The minimum Gasteiger partial charge on any atom is -1.00 e. The van der Waals surface area contributed by atoms with Crippen molar-refractivity contribution in [3.63, 3.8) is 0 Å². The SMILES string of the molecule is CCCCCCCCC(CCC(=O)O)C(=O)O.[H-].[K+]. The van der Waals surface area contributed by atoms with Crippen molar-refractivity contribution in [3.05, 3.63) is 0 Å². The van der Waals surface area contributed by atoms with Crippen molar-refractivity contribution in [1.29, 1.82) is 0 Å². The molecule has 0 rings (SSSR count). The van der Waals surface area contributed by atoms with Crippen molar-refractivity contribution in [3.8, 4) is 0 Å². The number of hydrogen-bond acceptors (Lipinski definition) is 2. The average molecular weight is 284 g/mol. The van der Waals surface area contributed by atoms with Gasteiger partial charge in [-0.15, -0.1) is 0 Å². The van der Waals surface area contributed by atoms with Gasteiger partial charge < -0.3 is 11.6 Å². The molecular formula is C13H25KO4. The zero-order valence-electron chi connectivity index (χ0n) is 12.7. The van der Waals surface area contributed by atoms with E-state index in [0.29, 0.717) is 6.42 Å². The maximum Gasteiger partial charge on any atom is 1.00 e. The normalized spacial score (nSPS) is 11.6. The van der Waals surface area contributed by atoms with Crippen molar-refractivity contribution in [2.45, 2.75) is 64.7 Å². The van der Waals surface area contributed by atoms with Gasteiger partial charge in [-0.1, -0.05) is 45.4 Å². The van der Waals surface area contributed by atoms with E-state index in [1.54, 1.807) is 0 Å². The van der Waals surface area contributed by atoms with Gasteiger partial charge in [-0.05, 0) is 12.8 Å². The van der Waals surface area contributed by atoms with E-state index in [0.717, 1.165) is 19.3 Å². The van der Waals surface area contributed by atoms with Crippen LogP contribution in [0, 0.1) is 5.92 Å². The smallest absolute Gasteiger partial charge is 1.00 e. The Balaban J connectivity index is -0.00000128. The molecule has 0 saturated heterocycles. The second-order valence-electron chi connectivity index (χ2n) is 4.52. The summed E-state index contributed by atoms with van der Waals surface area (Å²) in [7, 11) is 0. The van der Waals surface area contributed by atoms with E-state index in [9.17, 15) is 9.59 Å². The molecule has 0 aliphatic rings. The minimum atomic E-state index is -0.917. The molecule has 0 aromatic carbocycles. The average Bonchev–Trinajstić information content (AvgIpc) is 2.26. The van der Waals surface area contributed by atoms with Crippen molar-refractivity contribution < 1.29 is 72.6 Å². The van der Waals surface area contributed by atoms with Gasteiger partial charge in [0.2, 0.25) is 0 Å². The molecule has 0 aromatic rings. The van der Waals surface area contributed by atoms with Gasteiger partial charge in [-0.2, -0.15) is 0 Å².